The molecule has 0 spiro atoms. The number of rotatable bonds is 2. The Labute approximate surface area is 123 Å². The van der Waals surface area contributed by atoms with Crippen molar-refractivity contribution < 1.29 is 4.39 Å². The Kier molecular flexibility index (Phi) is 4.09. The van der Waals surface area contributed by atoms with Crippen LogP contribution in [0.1, 0.15) is 12.8 Å². The number of pyridine rings is 1. The Morgan fingerprint density at radius 1 is 1.14 bits per heavy atom. The van der Waals surface area contributed by atoms with E-state index in [-0.39, 0.29) is 5.82 Å². The average molecular weight is 284 g/mol. The molecule has 0 amide bonds. The lowest BCUT2D eigenvalue weighted by atomic mass is 10.3. The van der Waals surface area contributed by atoms with Crippen molar-refractivity contribution in [1.29, 1.82) is 0 Å². The predicted octanol–water partition coefficient (Wildman–Crippen LogP) is 3.42. The zero-order valence-electron chi connectivity index (χ0n) is 11.7. The highest BCUT2D eigenvalue weighted by molar-refractivity contribution is 5.95. The number of anilines is 1. The standard InChI is InChI=1S/C16H17FN4/c17-13-6-5-7-14(12-13)19-16(21-10-3-4-11-21)20-15-8-1-2-9-18-15/h1-2,5-9,12H,3-4,10-11H2,(H,18,19,20). The number of guanidine groups is 1. The first-order valence-corrected chi connectivity index (χ1v) is 7.08. The van der Waals surface area contributed by atoms with Crippen molar-refractivity contribution in [3.63, 3.8) is 0 Å². The van der Waals surface area contributed by atoms with Gasteiger partial charge in [0.05, 0.1) is 0 Å². The smallest absolute Gasteiger partial charge is 0.205 e. The summed E-state index contributed by atoms with van der Waals surface area (Å²) in [4.78, 5) is 11.0. The van der Waals surface area contributed by atoms with Gasteiger partial charge in [-0.25, -0.2) is 9.37 Å². The molecule has 0 bridgehead atoms. The molecule has 0 saturated carbocycles. The van der Waals surface area contributed by atoms with E-state index in [0.29, 0.717) is 11.5 Å². The fraction of sp³-hybridized carbons (Fsp3) is 0.250. The van der Waals surface area contributed by atoms with Gasteiger partial charge in [0.15, 0.2) is 5.82 Å². The third kappa shape index (κ3) is 3.56. The summed E-state index contributed by atoms with van der Waals surface area (Å²) >= 11 is 0. The lowest BCUT2D eigenvalue weighted by Crippen LogP contribution is -2.33. The second-order valence-electron chi connectivity index (χ2n) is 4.95. The third-order valence-electron chi connectivity index (χ3n) is 3.36. The highest BCUT2D eigenvalue weighted by atomic mass is 19.1. The predicted molar refractivity (Wildman–Crippen MR) is 82.2 cm³/mol. The fourth-order valence-corrected chi connectivity index (χ4v) is 2.33. The number of hydrogen-bond acceptors (Lipinski definition) is 2. The van der Waals surface area contributed by atoms with E-state index in [1.807, 2.05) is 24.3 Å². The maximum Gasteiger partial charge on any atom is 0.205 e. The minimum Gasteiger partial charge on any atom is -0.342 e. The molecule has 0 unspecified atom stereocenters. The molecule has 4 nitrogen and oxygen atoms in total. The van der Waals surface area contributed by atoms with Crippen LogP contribution in [-0.2, 0) is 0 Å². The lowest BCUT2D eigenvalue weighted by Gasteiger charge is -2.21. The van der Waals surface area contributed by atoms with Crippen LogP contribution in [0.25, 0.3) is 0 Å². The van der Waals surface area contributed by atoms with Crippen LogP contribution in [0.15, 0.2) is 53.7 Å². The number of nitrogens with zero attached hydrogens (tertiary/aromatic N) is 3. The Balaban J connectivity index is 1.87. The van der Waals surface area contributed by atoms with Crippen LogP contribution in [-0.4, -0.2) is 28.9 Å². The van der Waals surface area contributed by atoms with Gasteiger partial charge in [0.25, 0.3) is 0 Å². The number of benzene rings is 1. The van der Waals surface area contributed by atoms with Crippen LogP contribution in [0.4, 0.5) is 15.9 Å². The van der Waals surface area contributed by atoms with Crippen molar-refractivity contribution in [3.05, 3.63) is 54.5 Å². The normalized spacial score (nSPS) is 15.3. The molecule has 0 atom stereocenters. The molecule has 1 saturated heterocycles. The van der Waals surface area contributed by atoms with Gasteiger partial charge in [-0.15, -0.1) is 0 Å². The van der Waals surface area contributed by atoms with Crippen molar-refractivity contribution >= 4 is 17.5 Å². The monoisotopic (exact) mass is 284 g/mol. The molecule has 2 heterocycles. The van der Waals surface area contributed by atoms with E-state index in [4.69, 9.17) is 0 Å². The van der Waals surface area contributed by atoms with Gasteiger partial charge in [0, 0.05) is 25.0 Å². The number of nitrogens with one attached hydrogen (secondary N) is 1. The van der Waals surface area contributed by atoms with Gasteiger partial charge in [-0.05, 0) is 43.2 Å². The lowest BCUT2D eigenvalue weighted by molar-refractivity contribution is 0.518. The minimum atomic E-state index is -0.265. The molecule has 0 aliphatic carbocycles. The topological polar surface area (TPSA) is 40.5 Å². The van der Waals surface area contributed by atoms with Crippen LogP contribution in [0, 0.1) is 5.82 Å². The van der Waals surface area contributed by atoms with E-state index in [0.717, 1.165) is 31.9 Å². The van der Waals surface area contributed by atoms with Gasteiger partial charge < -0.3 is 10.2 Å². The molecule has 1 aromatic carbocycles. The molecule has 0 radical (unpaired) electrons. The number of hydrogen-bond donors (Lipinski definition) is 1. The third-order valence-corrected chi connectivity index (χ3v) is 3.36. The van der Waals surface area contributed by atoms with E-state index >= 15 is 0 Å². The summed E-state index contributed by atoms with van der Waals surface area (Å²) in [5, 5.41) is 3.21. The molecule has 3 rings (SSSR count). The second-order valence-corrected chi connectivity index (χ2v) is 4.95. The highest BCUT2D eigenvalue weighted by Gasteiger charge is 2.17. The van der Waals surface area contributed by atoms with E-state index in [2.05, 4.69) is 20.2 Å². The van der Waals surface area contributed by atoms with Crippen molar-refractivity contribution in [2.45, 2.75) is 12.8 Å². The fourth-order valence-electron chi connectivity index (χ4n) is 2.33. The largest absolute Gasteiger partial charge is 0.342 e. The van der Waals surface area contributed by atoms with Gasteiger partial charge in [0.2, 0.25) is 5.96 Å². The Bertz CT molecular complexity index is 621. The van der Waals surface area contributed by atoms with Gasteiger partial charge in [-0.1, -0.05) is 12.1 Å². The SMILES string of the molecule is Fc1cccc(N/C(=N/c2ccccn2)N2CCCC2)c1. The van der Waals surface area contributed by atoms with Crippen molar-refractivity contribution in [2.75, 3.05) is 18.4 Å². The summed E-state index contributed by atoms with van der Waals surface area (Å²) in [7, 11) is 0. The average Bonchev–Trinajstić information content (AvgIpc) is 3.02. The number of likely N-dealkylation sites (tertiary alicyclic amines) is 1. The zero-order valence-corrected chi connectivity index (χ0v) is 11.7. The van der Waals surface area contributed by atoms with Gasteiger partial charge in [-0.3, -0.25) is 0 Å². The van der Waals surface area contributed by atoms with Gasteiger partial charge in [-0.2, -0.15) is 4.99 Å². The van der Waals surface area contributed by atoms with E-state index in [1.54, 1.807) is 12.3 Å². The van der Waals surface area contributed by atoms with E-state index in [1.165, 1.54) is 12.1 Å². The maximum atomic E-state index is 13.3. The molecule has 21 heavy (non-hydrogen) atoms. The molecule has 2 aromatic rings. The van der Waals surface area contributed by atoms with Crippen LogP contribution >= 0.6 is 0 Å². The molecule has 1 aromatic heterocycles. The van der Waals surface area contributed by atoms with Crippen LogP contribution in [0.5, 0.6) is 0 Å². The summed E-state index contributed by atoms with van der Waals surface area (Å²) in [6.07, 6.45) is 4.00. The molecule has 1 aliphatic rings. The molecule has 1 aliphatic heterocycles. The molecule has 108 valence electrons. The molecular formula is C16H17FN4. The molecular weight excluding hydrogens is 267 g/mol. The quantitative estimate of drug-likeness (QED) is 0.678. The van der Waals surface area contributed by atoms with Crippen molar-refractivity contribution in [3.8, 4) is 0 Å². The molecule has 5 heteroatoms. The van der Waals surface area contributed by atoms with E-state index < -0.39 is 0 Å². The second kappa shape index (κ2) is 6.35. The van der Waals surface area contributed by atoms with Gasteiger partial charge >= 0.3 is 0 Å². The number of halogens is 1. The first kappa shape index (κ1) is 13.5. The summed E-state index contributed by atoms with van der Waals surface area (Å²) in [6, 6.07) is 12.0. The minimum absolute atomic E-state index is 0.265. The first-order valence-electron chi connectivity index (χ1n) is 7.08. The maximum absolute atomic E-state index is 13.3. The summed E-state index contributed by atoms with van der Waals surface area (Å²) in [6.45, 7) is 1.90. The van der Waals surface area contributed by atoms with Crippen molar-refractivity contribution in [1.82, 2.24) is 9.88 Å². The van der Waals surface area contributed by atoms with Crippen LogP contribution < -0.4 is 5.32 Å². The number of aliphatic imine (C=N–C) groups is 1. The summed E-state index contributed by atoms with van der Waals surface area (Å²) < 4.78 is 13.3. The molecule has 1 N–H and O–H groups in total. The van der Waals surface area contributed by atoms with Crippen LogP contribution in [0.2, 0.25) is 0 Å². The van der Waals surface area contributed by atoms with Crippen molar-refractivity contribution in [2.24, 2.45) is 4.99 Å². The van der Waals surface area contributed by atoms with Crippen LogP contribution in [0.3, 0.4) is 0 Å². The highest BCUT2D eigenvalue weighted by Crippen LogP contribution is 2.16. The summed E-state index contributed by atoms with van der Waals surface area (Å²) in [5.74, 6) is 1.10. The molecule has 1 fully saturated rings. The first-order chi connectivity index (χ1) is 10.3. The summed E-state index contributed by atoms with van der Waals surface area (Å²) in [5.41, 5.74) is 0.691. The number of aromatic nitrogens is 1. The van der Waals surface area contributed by atoms with E-state index in [9.17, 15) is 4.39 Å². The Morgan fingerprint density at radius 2 is 2.00 bits per heavy atom. The Morgan fingerprint density at radius 3 is 2.71 bits per heavy atom. The Hall–Kier alpha value is -2.43. The zero-order chi connectivity index (χ0) is 14.5. The van der Waals surface area contributed by atoms with Gasteiger partial charge in [0.1, 0.15) is 5.82 Å².